The van der Waals surface area contributed by atoms with Crippen molar-refractivity contribution in [1.29, 1.82) is 0 Å². The van der Waals surface area contributed by atoms with Crippen LogP contribution in [-0.2, 0) is 25.6 Å². The number of aliphatic carboxylic acids is 1. The van der Waals surface area contributed by atoms with Gasteiger partial charge in [0.05, 0.1) is 6.04 Å². The van der Waals surface area contributed by atoms with E-state index in [-0.39, 0.29) is 24.5 Å². The maximum Gasteiger partial charge on any atom is 0.326 e. The van der Waals surface area contributed by atoms with Crippen molar-refractivity contribution in [2.75, 3.05) is 12.3 Å². The van der Waals surface area contributed by atoms with Gasteiger partial charge in [-0.15, -0.1) is 0 Å². The van der Waals surface area contributed by atoms with Crippen LogP contribution in [0, 0.1) is 5.92 Å². The van der Waals surface area contributed by atoms with E-state index < -0.39 is 47.9 Å². The molecule has 9 N–H and O–H groups in total. The quantitative estimate of drug-likeness (QED) is 0.112. The summed E-state index contributed by atoms with van der Waals surface area (Å²) in [4.78, 5) is 54.1. The zero-order chi connectivity index (χ0) is 28.2. The number of H-pyrrole nitrogens is 1. The number of nitrogens with one attached hydrogen (secondary N) is 4. The van der Waals surface area contributed by atoms with Crippen molar-refractivity contribution in [2.24, 2.45) is 17.4 Å². The second kappa shape index (κ2) is 15.4. The minimum Gasteiger partial charge on any atom is -0.480 e. The summed E-state index contributed by atoms with van der Waals surface area (Å²) in [5, 5.41) is 18.7. The number of aromatic nitrogens is 1. The standard InChI is InChI=1S/C26H40N6O5S/c1-3-15(2)22(32-23(33)18(28)14-38)25(35)30-20(10-6-7-11-27)24(34)31-21(26(36)37)12-16-13-29-19-9-5-4-8-17(16)19/h4-5,8-9,13,15,18,20-22,29,38H,3,6-7,10-12,14,27-28H2,1-2H3,(H,30,35)(H,31,34)(H,32,33)(H,36,37). The van der Waals surface area contributed by atoms with Crippen LogP contribution in [0.2, 0.25) is 0 Å². The number of nitrogens with two attached hydrogens (primary N) is 2. The van der Waals surface area contributed by atoms with Crippen LogP contribution in [0.1, 0.15) is 45.1 Å². The zero-order valence-electron chi connectivity index (χ0n) is 21.9. The van der Waals surface area contributed by atoms with Gasteiger partial charge in [0.1, 0.15) is 18.1 Å². The summed E-state index contributed by atoms with van der Waals surface area (Å²) in [5.41, 5.74) is 13.0. The van der Waals surface area contributed by atoms with E-state index in [4.69, 9.17) is 11.5 Å². The Bertz CT molecular complexity index is 1090. The van der Waals surface area contributed by atoms with Gasteiger partial charge >= 0.3 is 5.97 Å². The Kier molecular flexibility index (Phi) is 12.6. The molecule has 0 fully saturated rings. The molecule has 12 heteroatoms. The van der Waals surface area contributed by atoms with Crippen molar-refractivity contribution < 1.29 is 24.3 Å². The van der Waals surface area contributed by atoms with Crippen molar-refractivity contribution in [3.8, 4) is 0 Å². The van der Waals surface area contributed by atoms with Crippen LogP contribution in [-0.4, -0.2) is 70.2 Å². The number of fused-ring (bicyclic) bond motifs is 1. The first-order valence-corrected chi connectivity index (χ1v) is 13.5. The van der Waals surface area contributed by atoms with Gasteiger partial charge in [-0.3, -0.25) is 14.4 Å². The van der Waals surface area contributed by atoms with Gasteiger partial charge in [0.2, 0.25) is 17.7 Å². The first-order valence-electron chi connectivity index (χ1n) is 12.9. The molecule has 0 spiro atoms. The number of hydrogen-bond donors (Lipinski definition) is 8. The summed E-state index contributed by atoms with van der Waals surface area (Å²) in [6.45, 7) is 4.10. The second-order valence-electron chi connectivity index (χ2n) is 9.47. The average molecular weight is 549 g/mol. The maximum absolute atomic E-state index is 13.3. The third-order valence-electron chi connectivity index (χ3n) is 6.62. The molecule has 0 saturated carbocycles. The van der Waals surface area contributed by atoms with Gasteiger partial charge < -0.3 is 37.5 Å². The Labute approximate surface area is 228 Å². The number of rotatable bonds is 16. The Morgan fingerprint density at radius 2 is 1.71 bits per heavy atom. The highest BCUT2D eigenvalue weighted by molar-refractivity contribution is 7.80. The lowest BCUT2D eigenvalue weighted by molar-refractivity contribution is -0.142. The molecule has 0 saturated heterocycles. The molecule has 2 aromatic rings. The van der Waals surface area contributed by atoms with Crippen molar-refractivity contribution >= 4 is 47.2 Å². The lowest BCUT2D eigenvalue weighted by Gasteiger charge is -2.28. The van der Waals surface area contributed by atoms with E-state index in [1.54, 1.807) is 6.20 Å². The third-order valence-corrected chi connectivity index (χ3v) is 7.01. The molecule has 0 aliphatic heterocycles. The number of carbonyl (C=O) groups is 4. The highest BCUT2D eigenvalue weighted by Gasteiger charge is 2.32. The number of amides is 3. The number of carboxylic acids is 1. The fourth-order valence-corrected chi connectivity index (χ4v) is 4.23. The van der Waals surface area contributed by atoms with Crippen molar-refractivity contribution in [3.05, 3.63) is 36.0 Å². The molecular weight excluding hydrogens is 508 g/mol. The molecule has 0 radical (unpaired) electrons. The predicted octanol–water partition coefficient (Wildman–Crippen LogP) is 0.682. The Balaban J connectivity index is 2.20. The fourth-order valence-electron chi connectivity index (χ4n) is 4.06. The molecule has 0 aliphatic carbocycles. The number of para-hydroxylation sites is 1. The van der Waals surface area contributed by atoms with Crippen molar-refractivity contribution in [3.63, 3.8) is 0 Å². The van der Waals surface area contributed by atoms with E-state index in [9.17, 15) is 24.3 Å². The minimum absolute atomic E-state index is 0.0573. The lowest BCUT2D eigenvalue weighted by atomic mass is 9.97. The van der Waals surface area contributed by atoms with Gasteiger partial charge in [-0.1, -0.05) is 38.5 Å². The van der Waals surface area contributed by atoms with E-state index in [1.807, 2.05) is 38.1 Å². The second-order valence-corrected chi connectivity index (χ2v) is 9.83. The van der Waals surface area contributed by atoms with Crippen LogP contribution in [0.25, 0.3) is 10.9 Å². The fraction of sp³-hybridized carbons (Fsp3) is 0.538. The molecule has 1 aromatic carbocycles. The van der Waals surface area contributed by atoms with Crippen molar-refractivity contribution in [2.45, 2.75) is 70.1 Å². The van der Waals surface area contributed by atoms with Crippen LogP contribution < -0.4 is 27.4 Å². The van der Waals surface area contributed by atoms with Crippen molar-refractivity contribution in [1.82, 2.24) is 20.9 Å². The zero-order valence-corrected chi connectivity index (χ0v) is 22.8. The molecule has 1 heterocycles. The monoisotopic (exact) mass is 548 g/mol. The Morgan fingerprint density at radius 1 is 1.03 bits per heavy atom. The van der Waals surface area contributed by atoms with E-state index in [2.05, 4.69) is 33.6 Å². The molecule has 3 amide bonds. The van der Waals surface area contributed by atoms with Crippen LogP contribution in [0.5, 0.6) is 0 Å². The summed E-state index contributed by atoms with van der Waals surface area (Å²) < 4.78 is 0. The van der Waals surface area contributed by atoms with Gasteiger partial charge in [0, 0.05) is 29.3 Å². The van der Waals surface area contributed by atoms with Crippen LogP contribution >= 0.6 is 12.6 Å². The average Bonchev–Trinajstić information content (AvgIpc) is 3.32. The number of hydrogen-bond acceptors (Lipinski definition) is 7. The van der Waals surface area contributed by atoms with Gasteiger partial charge in [-0.2, -0.15) is 12.6 Å². The van der Waals surface area contributed by atoms with Gasteiger partial charge in [0.25, 0.3) is 0 Å². The van der Waals surface area contributed by atoms with Gasteiger partial charge in [0.15, 0.2) is 0 Å². The number of aromatic amines is 1. The summed E-state index contributed by atoms with van der Waals surface area (Å²) in [7, 11) is 0. The Hall–Kier alpha value is -3.09. The summed E-state index contributed by atoms with van der Waals surface area (Å²) in [5.74, 6) is -3.01. The van der Waals surface area contributed by atoms with Gasteiger partial charge in [-0.05, 0) is 43.4 Å². The molecule has 0 aliphatic rings. The molecule has 5 atom stereocenters. The minimum atomic E-state index is -1.21. The van der Waals surface area contributed by atoms with E-state index >= 15 is 0 Å². The highest BCUT2D eigenvalue weighted by atomic mass is 32.1. The van der Waals surface area contributed by atoms with Crippen LogP contribution in [0.4, 0.5) is 0 Å². The maximum atomic E-state index is 13.3. The van der Waals surface area contributed by atoms with E-state index in [0.29, 0.717) is 25.8 Å². The highest BCUT2D eigenvalue weighted by Crippen LogP contribution is 2.19. The lowest BCUT2D eigenvalue weighted by Crippen LogP contribution is -2.59. The number of unbranched alkanes of at least 4 members (excludes halogenated alkanes) is 1. The molecule has 5 unspecified atom stereocenters. The number of thiol groups is 1. The SMILES string of the molecule is CCC(C)C(NC(=O)C(N)CS)C(=O)NC(CCCCN)C(=O)NC(Cc1c[nH]c2ccccc12)C(=O)O. The molecule has 1 aromatic heterocycles. The summed E-state index contributed by atoms with van der Waals surface area (Å²) in [6.07, 6.45) is 3.79. The number of carbonyl (C=O) groups excluding carboxylic acids is 3. The van der Waals surface area contributed by atoms with Crippen LogP contribution in [0.3, 0.4) is 0 Å². The molecule has 210 valence electrons. The molecular formula is C26H40N6O5S. The smallest absolute Gasteiger partial charge is 0.326 e. The molecule has 0 bridgehead atoms. The third kappa shape index (κ3) is 8.74. The van der Waals surface area contributed by atoms with Gasteiger partial charge in [-0.25, -0.2) is 4.79 Å². The summed E-state index contributed by atoms with van der Waals surface area (Å²) >= 11 is 4.03. The van der Waals surface area contributed by atoms with E-state index in [0.717, 1.165) is 16.5 Å². The Morgan fingerprint density at radius 3 is 2.34 bits per heavy atom. The number of benzene rings is 1. The normalized spacial score (nSPS) is 15.2. The largest absolute Gasteiger partial charge is 0.480 e. The topological polar surface area (TPSA) is 192 Å². The molecule has 2 rings (SSSR count). The van der Waals surface area contributed by atoms with Crippen LogP contribution in [0.15, 0.2) is 30.5 Å². The first kappa shape index (κ1) is 31.1. The van der Waals surface area contributed by atoms with E-state index in [1.165, 1.54) is 0 Å². The molecule has 11 nitrogen and oxygen atoms in total. The summed E-state index contributed by atoms with van der Waals surface area (Å²) in [6, 6.07) is 3.44. The number of carboxylic acid groups (broad SMARTS) is 1. The first-order chi connectivity index (χ1) is 18.1. The predicted molar refractivity (Wildman–Crippen MR) is 150 cm³/mol. The molecule has 38 heavy (non-hydrogen) atoms.